The zero-order valence-corrected chi connectivity index (χ0v) is 17.4. The maximum absolute atomic E-state index is 13.5. The monoisotopic (exact) mass is 431 g/mol. The number of hydrogen-bond acceptors (Lipinski definition) is 6. The Morgan fingerprint density at radius 1 is 1.17 bits per heavy atom. The van der Waals surface area contributed by atoms with Gasteiger partial charge in [-0.1, -0.05) is 12.5 Å². The predicted octanol–water partition coefficient (Wildman–Crippen LogP) is 1.56. The van der Waals surface area contributed by atoms with Crippen LogP contribution in [0.15, 0.2) is 40.2 Å². The van der Waals surface area contributed by atoms with Crippen LogP contribution in [-0.2, 0) is 26.3 Å². The normalized spacial score (nSPS) is 23.6. The maximum atomic E-state index is 13.5. The van der Waals surface area contributed by atoms with E-state index in [1.807, 2.05) is 0 Å². The first-order valence-electron chi connectivity index (χ1n) is 10.4. The lowest BCUT2D eigenvalue weighted by Gasteiger charge is -2.26. The van der Waals surface area contributed by atoms with Gasteiger partial charge in [-0.3, -0.25) is 14.2 Å². The number of sulfonamides is 1. The van der Waals surface area contributed by atoms with Crippen LogP contribution in [0.4, 0.5) is 0 Å². The van der Waals surface area contributed by atoms with Gasteiger partial charge >= 0.3 is 5.97 Å². The molecule has 0 amide bonds. The summed E-state index contributed by atoms with van der Waals surface area (Å²) in [7, 11) is -3.79. The Bertz CT molecular complexity index is 1180. The maximum Gasteiger partial charge on any atom is 0.310 e. The third kappa shape index (κ3) is 2.91. The zero-order chi connectivity index (χ0) is 21.1. The van der Waals surface area contributed by atoms with Gasteiger partial charge in [0.05, 0.1) is 16.4 Å². The van der Waals surface area contributed by atoms with E-state index in [9.17, 15) is 18.0 Å². The number of carbonyl (C=O) groups is 1. The van der Waals surface area contributed by atoms with Crippen molar-refractivity contribution in [3.05, 3.63) is 40.8 Å². The molecule has 0 radical (unpaired) electrons. The summed E-state index contributed by atoms with van der Waals surface area (Å²) in [6, 6.07) is 6.18. The molecular weight excluding hydrogens is 406 g/mol. The molecule has 5 rings (SSSR count). The summed E-state index contributed by atoms with van der Waals surface area (Å²) < 4.78 is 35.0. The third-order valence-electron chi connectivity index (χ3n) is 6.92. The number of esters is 1. The van der Waals surface area contributed by atoms with Crippen LogP contribution in [-0.4, -0.2) is 41.4 Å². The molecule has 1 aromatic carbocycles. The van der Waals surface area contributed by atoms with Crippen molar-refractivity contribution in [3.63, 3.8) is 0 Å². The predicted molar refractivity (Wildman–Crippen MR) is 110 cm³/mol. The van der Waals surface area contributed by atoms with Gasteiger partial charge in [-0.2, -0.15) is 4.31 Å². The second kappa shape index (κ2) is 6.90. The Balaban J connectivity index is 1.48. The van der Waals surface area contributed by atoms with Crippen LogP contribution >= 0.6 is 0 Å². The summed E-state index contributed by atoms with van der Waals surface area (Å²) in [5, 5.41) is 0.659. The lowest BCUT2D eigenvalue weighted by atomic mass is 9.86. The van der Waals surface area contributed by atoms with Gasteiger partial charge in [0.2, 0.25) is 10.0 Å². The molecule has 2 heterocycles. The number of fused-ring (bicyclic) bond motifs is 1. The fraction of sp³-hybridized carbons (Fsp3) is 0.524. The SMILES string of the molecule is N[C@@H]1CCN(S(=O)(=O)c2cccc3c(=O)n(COC(=O)C4CCC4)ccc23)C12CC2. The Morgan fingerprint density at radius 3 is 2.60 bits per heavy atom. The largest absolute Gasteiger partial charge is 0.444 e. The van der Waals surface area contributed by atoms with Crippen LogP contribution in [0.25, 0.3) is 10.8 Å². The first kappa shape index (κ1) is 19.7. The molecule has 3 aliphatic rings. The molecule has 2 aromatic rings. The fourth-order valence-corrected chi connectivity index (χ4v) is 6.76. The summed E-state index contributed by atoms with van der Waals surface area (Å²) in [5.74, 6) is -0.357. The van der Waals surface area contributed by atoms with E-state index in [2.05, 4.69) is 0 Å². The molecule has 160 valence electrons. The van der Waals surface area contributed by atoms with Crippen molar-refractivity contribution in [1.29, 1.82) is 0 Å². The van der Waals surface area contributed by atoms with Crippen LogP contribution in [0.1, 0.15) is 38.5 Å². The molecule has 9 heteroatoms. The molecule has 1 spiro atoms. The zero-order valence-electron chi connectivity index (χ0n) is 16.6. The summed E-state index contributed by atoms with van der Waals surface area (Å²) >= 11 is 0. The van der Waals surface area contributed by atoms with Crippen molar-refractivity contribution >= 4 is 26.8 Å². The van der Waals surface area contributed by atoms with Gasteiger partial charge in [0, 0.05) is 29.6 Å². The Morgan fingerprint density at radius 2 is 1.93 bits per heavy atom. The molecule has 2 saturated carbocycles. The smallest absolute Gasteiger partial charge is 0.310 e. The molecule has 1 atom stereocenters. The van der Waals surface area contributed by atoms with Gasteiger partial charge < -0.3 is 10.5 Å². The molecule has 8 nitrogen and oxygen atoms in total. The number of ether oxygens (including phenoxy) is 1. The van der Waals surface area contributed by atoms with Crippen molar-refractivity contribution in [2.24, 2.45) is 11.7 Å². The summed E-state index contributed by atoms with van der Waals surface area (Å²) in [6.45, 7) is 0.221. The highest BCUT2D eigenvalue weighted by Crippen LogP contribution is 2.51. The van der Waals surface area contributed by atoms with Gasteiger partial charge in [0.25, 0.3) is 5.56 Å². The molecule has 2 aliphatic carbocycles. The molecule has 1 saturated heterocycles. The molecule has 1 aliphatic heterocycles. The Hall–Kier alpha value is -2.23. The minimum absolute atomic E-state index is 0.0699. The number of nitrogens with two attached hydrogens (primary N) is 1. The minimum atomic E-state index is -3.79. The molecular formula is C21H25N3O5S. The van der Waals surface area contributed by atoms with Gasteiger partial charge in [-0.15, -0.1) is 0 Å². The van der Waals surface area contributed by atoms with Crippen LogP contribution in [0.3, 0.4) is 0 Å². The highest BCUT2D eigenvalue weighted by molar-refractivity contribution is 7.89. The third-order valence-corrected chi connectivity index (χ3v) is 8.96. The Labute approximate surface area is 174 Å². The van der Waals surface area contributed by atoms with Gasteiger partial charge in [0.15, 0.2) is 6.73 Å². The molecule has 2 N–H and O–H groups in total. The first-order valence-corrected chi connectivity index (χ1v) is 11.9. The fourth-order valence-electron chi connectivity index (χ4n) is 4.67. The second-order valence-electron chi connectivity index (χ2n) is 8.60. The lowest BCUT2D eigenvalue weighted by Crippen LogP contribution is -2.44. The van der Waals surface area contributed by atoms with Crippen LogP contribution in [0, 0.1) is 5.92 Å². The minimum Gasteiger partial charge on any atom is -0.444 e. The molecule has 30 heavy (non-hydrogen) atoms. The number of nitrogens with zero attached hydrogens (tertiary/aromatic N) is 2. The number of hydrogen-bond donors (Lipinski definition) is 1. The van der Waals surface area contributed by atoms with E-state index in [0.717, 1.165) is 32.1 Å². The van der Waals surface area contributed by atoms with E-state index >= 15 is 0 Å². The number of aromatic nitrogens is 1. The summed E-state index contributed by atoms with van der Waals surface area (Å²) in [5.41, 5.74) is 5.34. The van der Waals surface area contributed by atoms with Crippen molar-refractivity contribution in [1.82, 2.24) is 8.87 Å². The number of rotatable bonds is 5. The standard InChI is InChI=1S/C21H25N3O5S/c22-18-8-12-24(21(18)9-10-21)30(27,28)17-6-2-5-16-15(17)7-11-23(19(16)25)13-29-20(26)14-3-1-4-14/h2,5-7,11,14,18H,1,3-4,8-10,12-13,22H2/t18-/m1/s1. The van der Waals surface area contributed by atoms with E-state index in [1.165, 1.54) is 21.1 Å². The summed E-state index contributed by atoms with van der Waals surface area (Å²) in [4.78, 5) is 25.0. The highest BCUT2D eigenvalue weighted by atomic mass is 32.2. The van der Waals surface area contributed by atoms with Crippen molar-refractivity contribution in [2.75, 3.05) is 6.54 Å². The van der Waals surface area contributed by atoms with Crippen molar-refractivity contribution in [2.45, 2.75) is 61.7 Å². The highest BCUT2D eigenvalue weighted by Gasteiger charge is 2.60. The summed E-state index contributed by atoms with van der Waals surface area (Å²) in [6.07, 6.45) is 6.36. The number of pyridine rings is 1. The lowest BCUT2D eigenvalue weighted by molar-refractivity contribution is -0.155. The molecule has 0 unspecified atom stereocenters. The molecule has 1 aromatic heterocycles. The average Bonchev–Trinajstić information content (AvgIpc) is 3.40. The topological polar surface area (TPSA) is 112 Å². The number of benzene rings is 1. The van der Waals surface area contributed by atoms with E-state index in [-0.39, 0.29) is 40.5 Å². The number of carbonyl (C=O) groups excluding carboxylic acids is 1. The van der Waals surface area contributed by atoms with E-state index < -0.39 is 15.6 Å². The van der Waals surface area contributed by atoms with Crippen molar-refractivity contribution < 1.29 is 17.9 Å². The van der Waals surface area contributed by atoms with Gasteiger partial charge in [-0.05, 0) is 50.3 Å². The van der Waals surface area contributed by atoms with E-state index in [1.54, 1.807) is 18.2 Å². The Kier molecular flexibility index (Phi) is 4.53. The molecule has 3 fully saturated rings. The van der Waals surface area contributed by atoms with Gasteiger partial charge in [-0.25, -0.2) is 8.42 Å². The van der Waals surface area contributed by atoms with Gasteiger partial charge in [0.1, 0.15) is 0 Å². The quantitative estimate of drug-likeness (QED) is 0.719. The van der Waals surface area contributed by atoms with Crippen LogP contribution in [0.5, 0.6) is 0 Å². The average molecular weight is 432 g/mol. The second-order valence-corrected chi connectivity index (χ2v) is 10.4. The van der Waals surface area contributed by atoms with Crippen molar-refractivity contribution in [3.8, 4) is 0 Å². The molecule has 0 bridgehead atoms. The first-order chi connectivity index (χ1) is 14.3. The van der Waals surface area contributed by atoms with Crippen LogP contribution < -0.4 is 11.3 Å². The van der Waals surface area contributed by atoms with E-state index in [0.29, 0.717) is 18.4 Å². The van der Waals surface area contributed by atoms with E-state index in [4.69, 9.17) is 10.5 Å². The van der Waals surface area contributed by atoms with Crippen LogP contribution in [0.2, 0.25) is 0 Å².